The summed E-state index contributed by atoms with van der Waals surface area (Å²) in [4.78, 5) is 41.6. The fraction of sp³-hybridized carbons (Fsp3) is 0.848. The van der Waals surface area contributed by atoms with Gasteiger partial charge in [-0.1, -0.05) is 34.3 Å². The van der Waals surface area contributed by atoms with E-state index in [9.17, 15) is 29.9 Å². The van der Waals surface area contributed by atoms with E-state index in [4.69, 9.17) is 23.7 Å². The van der Waals surface area contributed by atoms with Gasteiger partial charge in [0.2, 0.25) is 0 Å². The van der Waals surface area contributed by atoms with Crippen LogP contribution in [0, 0.1) is 28.6 Å². The van der Waals surface area contributed by atoms with Gasteiger partial charge < -0.3 is 38.8 Å². The first-order valence-electron chi connectivity index (χ1n) is 16.5. The van der Waals surface area contributed by atoms with Gasteiger partial charge in [0.25, 0.3) is 0 Å². The maximum absolute atomic E-state index is 14.1. The fourth-order valence-electron chi connectivity index (χ4n) is 7.49. The normalized spacial score (nSPS) is 44.0. The number of cyclic esters (lactones) is 1. The predicted molar refractivity (Wildman–Crippen MR) is 170 cm³/mol. The van der Waals surface area contributed by atoms with E-state index in [2.05, 4.69) is 11.7 Å². The molecule has 14 nitrogen and oxygen atoms in total. The van der Waals surface area contributed by atoms with Crippen molar-refractivity contribution in [3.8, 4) is 0 Å². The average Bonchev–Trinajstić information content (AvgIpc) is 3.00. The molecule has 13 atom stereocenters. The molecule has 0 aromatic rings. The minimum Gasteiger partial charge on any atom is -0.459 e. The lowest BCUT2D eigenvalue weighted by Gasteiger charge is -2.47. The van der Waals surface area contributed by atoms with Crippen molar-refractivity contribution in [1.29, 1.82) is 0 Å². The molecule has 268 valence electrons. The molecular formula is C33H56N3O11+. The van der Waals surface area contributed by atoms with Crippen LogP contribution in [0.4, 0.5) is 0 Å². The second kappa shape index (κ2) is 15.5. The average molecular weight is 671 g/mol. The number of Topliss-reactive ketones (excluding diaryl/α,β-unsaturated/α-hetero) is 1. The first-order chi connectivity index (χ1) is 21.7. The summed E-state index contributed by atoms with van der Waals surface area (Å²) in [5, 5.41) is 36.5. The number of hydrogen-bond acceptors (Lipinski definition) is 11. The first kappa shape index (κ1) is 39.1. The van der Waals surface area contributed by atoms with Crippen LogP contribution in [0.1, 0.15) is 74.7 Å². The van der Waals surface area contributed by atoms with E-state index in [-0.39, 0.29) is 43.9 Å². The van der Waals surface area contributed by atoms with Crippen molar-refractivity contribution in [2.45, 2.75) is 129 Å². The number of ketones is 1. The number of aliphatic hydroxyl groups is 2. The Morgan fingerprint density at radius 1 is 1.11 bits per heavy atom. The minimum absolute atomic E-state index is 0.0274. The molecule has 0 radical (unpaired) electrons. The van der Waals surface area contributed by atoms with Gasteiger partial charge in [0.1, 0.15) is 34.3 Å². The third kappa shape index (κ3) is 8.64. The lowest BCUT2D eigenvalue weighted by atomic mass is 9.74. The van der Waals surface area contributed by atoms with E-state index in [1.54, 1.807) is 34.6 Å². The molecule has 0 aromatic heterocycles. The monoisotopic (exact) mass is 670 g/mol. The van der Waals surface area contributed by atoms with Crippen LogP contribution in [-0.4, -0.2) is 124 Å². The van der Waals surface area contributed by atoms with Crippen LogP contribution < -0.4 is 0 Å². The highest BCUT2D eigenvalue weighted by Crippen LogP contribution is 2.40. The minimum atomic E-state index is -1.83. The highest BCUT2D eigenvalue weighted by Gasteiger charge is 2.53. The lowest BCUT2D eigenvalue weighted by Crippen LogP contribution is -2.60. The number of carbonyl (C=O) groups excluding carboxylic acids is 2. The third-order valence-electron chi connectivity index (χ3n) is 10.1. The quantitative estimate of drug-likeness (QED) is 0.169. The molecule has 0 aliphatic carbocycles. The summed E-state index contributed by atoms with van der Waals surface area (Å²) in [5.74, 6) is -4.99. The van der Waals surface area contributed by atoms with Gasteiger partial charge >= 0.3 is 11.0 Å². The number of fused-ring (bicyclic) bond motifs is 5. The number of aliphatic hydroxyl groups excluding tert-OH is 1. The van der Waals surface area contributed by atoms with Gasteiger partial charge in [-0.3, -0.25) is 9.59 Å². The Morgan fingerprint density at radius 3 is 2.32 bits per heavy atom. The topological polar surface area (TPSA) is 177 Å². The van der Waals surface area contributed by atoms with Crippen molar-refractivity contribution in [3.63, 3.8) is 0 Å². The molecule has 14 heteroatoms. The summed E-state index contributed by atoms with van der Waals surface area (Å²) in [7, 11) is 3.70. The summed E-state index contributed by atoms with van der Waals surface area (Å²) >= 11 is 0. The Hall–Kier alpha value is -2.33. The fourth-order valence-corrected chi connectivity index (χ4v) is 7.49. The number of hydrazone groups is 1. The second-order valence-corrected chi connectivity index (χ2v) is 14.4. The number of hydrogen-bond donors (Lipinski definition) is 3. The van der Waals surface area contributed by atoms with E-state index < -0.39 is 82.4 Å². The number of carbonyl (C=O) groups is 2. The van der Waals surface area contributed by atoms with Crippen LogP contribution in [0.3, 0.4) is 0 Å². The summed E-state index contributed by atoms with van der Waals surface area (Å²) in [5.41, 5.74) is -2.49. The number of esters is 1. The van der Waals surface area contributed by atoms with Gasteiger partial charge in [-0.25, -0.2) is 5.21 Å². The molecule has 3 N–H and O–H groups in total. The van der Waals surface area contributed by atoms with E-state index >= 15 is 0 Å². The first-order valence-corrected chi connectivity index (χ1v) is 16.5. The molecule has 0 saturated carbocycles. The molecule has 0 aromatic carbocycles. The molecule has 3 heterocycles. The van der Waals surface area contributed by atoms with Gasteiger partial charge in [-0.15, -0.1) is 0 Å². The third-order valence-corrected chi connectivity index (χ3v) is 10.1. The van der Waals surface area contributed by atoms with Crippen LogP contribution >= 0.6 is 0 Å². The van der Waals surface area contributed by atoms with Crippen molar-refractivity contribution in [2.75, 3.05) is 27.3 Å². The van der Waals surface area contributed by atoms with E-state index in [1.165, 1.54) is 13.8 Å². The zero-order chi connectivity index (χ0) is 35.6. The van der Waals surface area contributed by atoms with E-state index in [0.717, 1.165) is 0 Å². The highest BCUT2D eigenvalue weighted by molar-refractivity contribution is 6.00. The maximum atomic E-state index is 14.1. The molecule has 2 bridgehead atoms. The Labute approximate surface area is 277 Å². The van der Waals surface area contributed by atoms with Crippen molar-refractivity contribution in [1.82, 2.24) is 4.90 Å². The van der Waals surface area contributed by atoms with Crippen molar-refractivity contribution in [3.05, 3.63) is 17.1 Å². The summed E-state index contributed by atoms with van der Waals surface area (Å²) < 4.78 is 31.4. The van der Waals surface area contributed by atoms with Crippen LogP contribution in [0.15, 0.2) is 17.3 Å². The van der Waals surface area contributed by atoms with Gasteiger partial charge in [-0.2, -0.15) is 0 Å². The number of nitrogens with zero attached hydrogens (tertiary/aromatic N) is 3. The Bertz CT molecular complexity index is 1190. The van der Waals surface area contributed by atoms with Crippen molar-refractivity contribution in [2.24, 2.45) is 28.8 Å². The van der Waals surface area contributed by atoms with Gasteiger partial charge in [0.15, 0.2) is 12.1 Å². The van der Waals surface area contributed by atoms with Gasteiger partial charge in [0.05, 0.1) is 42.2 Å². The summed E-state index contributed by atoms with van der Waals surface area (Å²) in [6.07, 6.45) is -5.02. The molecule has 0 amide bonds. The molecule has 3 aliphatic heterocycles. The van der Waals surface area contributed by atoms with Crippen molar-refractivity contribution >= 4 is 17.5 Å². The molecular weight excluding hydrogens is 614 g/mol. The second-order valence-electron chi connectivity index (χ2n) is 14.4. The van der Waals surface area contributed by atoms with Crippen LogP contribution in [0.25, 0.3) is 0 Å². The Morgan fingerprint density at radius 2 is 1.74 bits per heavy atom. The number of likely N-dealkylation sites (N-methyl/N-ethyl adjacent to an activating group) is 1. The van der Waals surface area contributed by atoms with Gasteiger partial charge in [-0.05, 0) is 66.6 Å². The standard InChI is InChI=1S/C33H56N3O11/c1-12-24-33(9,40)29-20(5)25(34-36(41)42)18(3)14-32(8,44-16-17(2)15-43-29)28(21(6)26(37)22(7)30(39)46-24)47-31-27(38)23(35(10)11)13-19(4)45-31/h18-24,27-29,31,38,40H,2,12-16H2,1,3-11H3,(H,41,42)/q+1/b34-25+/t18-,19-,20+,21+,22-,23+,24-,27-,28-,29-,31+,32-,33-/m1/s1. The largest absolute Gasteiger partial charge is 0.459 e. The number of rotatable bonds is 5. The molecule has 3 fully saturated rings. The van der Waals surface area contributed by atoms with E-state index in [1.807, 2.05) is 25.9 Å². The molecule has 0 spiro atoms. The predicted octanol–water partition coefficient (Wildman–Crippen LogP) is 2.64. The SMILES string of the molecule is C=C1CO[C@@H]2[C@@H](C)/C(=N/[N+](=O)O)[C@H](C)C[C@@](C)(OC1)[C@H](O[C@@H]1O[C@H](C)C[C@H](N(C)C)[C@H]1O)[C@@H](C)C(=O)[C@@H](C)C(=O)O[C@H](CC)[C@@]2(C)O. The lowest BCUT2D eigenvalue weighted by molar-refractivity contribution is -0.796. The molecule has 0 unspecified atom stereocenters. The molecule has 47 heavy (non-hydrogen) atoms. The van der Waals surface area contributed by atoms with Crippen LogP contribution in [0.5, 0.6) is 0 Å². The maximum Gasteiger partial charge on any atom is 0.387 e. The van der Waals surface area contributed by atoms with Crippen LogP contribution in [0.2, 0.25) is 0 Å². The molecule has 3 aliphatic rings. The Balaban J connectivity index is 2.29. The highest BCUT2D eigenvalue weighted by atomic mass is 16.7. The van der Waals surface area contributed by atoms with Crippen LogP contribution in [-0.2, 0) is 33.3 Å². The summed E-state index contributed by atoms with van der Waals surface area (Å²) in [6, 6.07) is -0.304. The zero-order valence-corrected chi connectivity index (χ0v) is 29.5. The summed E-state index contributed by atoms with van der Waals surface area (Å²) in [6.45, 7) is 17.4. The molecule has 3 rings (SSSR count). The number of ether oxygens (including phenoxy) is 5. The zero-order valence-electron chi connectivity index (χ0n) is 29.5. The molecule has 3 saturated heterocycles. The van der Waals surface area contributed by atoms with E-state index in [0.29, 0.717) is 12.0 Å². The van der Waals surface area contributed by atoms with Crippen molar-refractivity contribution < 1.29 is 53.7 Å². The smallest absolute Gasteiger partial charge is 0.387 e. The van der Waals surface area contributed by atoms with Gasteiger partial charge in [0, 0.05) is 23.8 Å². The Kier molecular flexibility index (Phi) is 12.9.